The van der Waals surface area contributed by atoms with Gasteiger partial charge in [0.05, 0.1) is 25.8 Å². The molecule has 2 aromatic rings. The predicted octanol–water partition coefficient (Wildman–Crippen LogP) is 3.25. The van der Waals surface area contributed by atoms with E-state index in [1.807, 2.05) is 12.1 Å². The molecule has 5 heteroatoms. The van der Waals surface area contributed by atoms with Crippen LogP contribution in [0.1, 0.15) is 16.7 Å². The number of oxime groups is 1. The van der Waals surface area contributed by atoms with Crippen LogP contribution in [-0.4, -0.2) is 44.0 Å². The first-order chi connectivity index (χ1) is 12.7. The number of hydrogen-bond acceptors (Lipinski definition) is 5. The molecular formula is C21H24N2O3. The molecule has 2 atom stereocenters. The summed E-state index contributed by atoms with van der Waals surface area (Å²) in [7, 11) is 3.35. The lowest BCUT2D eigenvalue weighted by atomic mass is 9.94. The van der Waals surface area contributed by atoms with E-state index in [1.54, 1.807) is 14.2 Å². The fourth-order valence-electron chi connectivity index (χ4n) is 3.85. The molecule has 2 aliphatic rings. The Balaban J connectivity index is 1.50. The Morgan fingerprint density at radius 3 is 2.62 bits per heavy atom. The zero-order valence-corrected chi connectivity index (χ0v) is 15.4. The third-order valence-electron chi connectivity index (χ3n) is 5.21. The van der Waals surface area contributed by atoms with Gasteiger partial charge in [-0.15, -0.1) is 0 Å². The quantitative estimate of drug-likeness (QED) is 0.829. The van der Waals surface area contributed by atoms with Gasteiger partial charge < -0.3 is 14.3 Å². The molecule has 2 aromatic carbocycles. The van der Waals surface area contributed by atoms with Gasteiger partial charge in [0.15, 0.2) is 11.5 Å². The van der Waals surface area contributed by atoms with Crippen LogP contribution in [-0.2, 0) is 11.4 Å². The van der Waals surface area contributed by atoms with E-state index in [0.717, 1.165) is 48.0 Å². The summed E-state index contributed by atoms with van der Waals surface area (Å²) in [6.07, 6.45) is 0.128. The second-order valence-electron chi connectivity index (χ2n) is 6.94. The lowest BCUT2D eigenvalue weighted by Gasteiger charge is -2.19. The van der Waals surface area contributed by atoms with Crippen LogP contribution in [0.5, 0.6) is 11.5 Å². The fraction of sp³-hybridized carbons (Fsp3) is 0.381. The van der Waals surface area contributed by atoms with E-state index in [9.17, 15) is 0 Å². The molecule has 26 heavy (non-hydrogen) atoms. The molecule has 0 radical (unpaired) electrons. The van der Waals surface area contributed by atoms with Crippen molar-refractivity contribution in [3.63, 3.8) is 0 Å². The zero-order valence-electron chi connectivity index (χ0n) is 15.4. The van der Waals surface area contributed by atoms with Crippen LogP contribution in [0.15, 0.2) is 47.6 Å². The zero-order chi connectivity index (χ0) is 18.1. The average molecular weight is 352 g/mol. The second-order valence-corrected chi connectivity index (χ2v) is 6.94. The highest BCUT2D eigenvalue weighted by Gasteiger charge is 2.42. The van der Waals surface area contributed by atoms with Gasteiger partial charge in [-0.05, 0) is 18.6 Å². The maximum Gasteiger partial charge on any atom is 0.165 e. The van der Waals surface area contributed by atoms with Gasteiger partial charge in [0, 0.05) is 25.2 Å². The van der Waals surface area contributed by atoms with Crippen LogP contribution in [0.2, 0.25) is 0 Å². The Bertz CT molecular complexity index is 817. The van der Waals surface area contributed by atoms with Gasteiger partial charge in [-0.2, -0.15) is 0 Å². The SMILES string of the molecule is COc1cccc(CN2C[C@H]3ON=C(c4ccc(C)cc4)[C@@H]3C2)c1OC. The van der Waals surface area contributed by atoms with E-state index < -0.39 is 0 Å². The largest absolute Gasteiger partial charge is 0.493 e. The van der Waals surface area contributed by atoms with E-state index in [-0.39, 0.29) is 6.10 Å². The molecule has 0 aromatic heterocycles. The molecule has 0 bridgehead atoms. The van der Waals surface area contributed by atoms with Crippen LogP contribution >= 0.6 is 0 Å². The number of likely N-dealkylation sites (tertiary alicyclic amines) is 1. The highest BCUT2D eigenvalue weighted by Crippen LogP contribution is 2.35. The number of fused-ring (bicyclic) bond motifs is 1. The Kier molecular flexibility index (Phi) is 4.55. The molecule has 4 rings (SSSR count). The highest BCUT2D eigenvalue weighted by atomic mass is 16.6. The van der Waals surface area contributed by atoms with Crippen LogP contribution < -0.4 is 9.47 Å². The van der Waals surface area contributed by atoms with E-state index in [2.05, 4.69) is 47.3 Å². The number of methoxy groups -OCH3 is 2. The van der Waals surface area contributed by atoms with Crippen molar-refractivity contribution in [2.75, 3.05) is 27.3 Å². The Hall–Kier alpha value is -2.53. The Morgan fingerprint density at radius 2 is 1.88 bits per heavy atom. The summed E-state index contributed by atoms with van der Waals surface area (Å²) < 4.78 is 11.0. The molecule has 0 amide bonds. The number of ether oxygens (including phenoxy) is 2. The molecule has 2 aliphatic heterocycles. The number of nitrogens with zero attached hydrogens (tertiary/aromatic N) is 2. The lowest BCUT2D eigenvalue weighted by molar-refractivity contribution is 0.0744. The summed E-state index contributed by atoms with van der Waals surface area (Å²) in [6.45, 7) is 4.69. The van der Waals surface area contributed by atoms with Crippen molar-refractivity contribution in [1.29, 1.82) is 0 Å². The number of hydrogen-bond donors (Lipinski definition) is 0. The van der Waals surface area contributed by atoms with Crippen molar-refractivity contribution in [3.8, 4) is 11.5 Å². The summed E-state index contributed by atoms with van der Waals surface area (Å²) in [5.41, 5.74) is 4.60. The Morgan fingerprint density at radius 1 is 1.08 bits per heavy atom. The fourth-order valence-corrected chi connectivity index (χ4v) is 3.85. The minimum atomic E-state index is 0.128. The van der Waals surface area contributed by atoms with E-state index >= 15 is 0 Å². The van der Waals surface area contributed by atoms with Crippen molar-refractivity contribution in [3.05, 3.63) is 59.2 Å². The van der Waals surface area contributed by atoms with Crippen LogP contribution in [0.3, 0.4) is 0 Å². The topological polar surface area (TPSA) is 43.3 Å². The number of aryl methyl sites for hydroxylation is 1. The normalized spacial score (nSPS) is 21.9. The van der Waals surface area contributed by atoms with E-state index in [1.165, 1.54) is 5.56 Å². The molecule has 5 nitrogen and oxygen atoms in total. The van der Waals surface area contributed by atoms with Gasteiger partial charge in [-0.3, -0.25) is 4.90 Å². The van der Waals surface area contributed by atoms with Crippen LogP contribution in [0, 0.1) is 12.8 Å². The monoisotopic (exact) mass is 352 g/mol. The molecule has 1 saturated heterocycles. The van der Waals surface area contributed by atoms with Crippen molar-refractivity contribution >= 4 is 5.71 Å². The summed E-state index contributed by atoms with van der Waals surface area (Å²) in [4.78, 5) is 8.13. The number of para-hydroxylation sites is 1. The standard InChI is InChI=1S/C21H24N2O3/c1-14-7-9-15(10-8-14)20-17-12-23(13-19(17)26-22-20)11-16-5-4-6-18(24-2)21(16)25-3/h4-10,17,19H,11-13H2,1-3H3/t17-,19-/m1/s1. The van der Waals surface area contributed by atoms with Gasteiger partial charge in [0.2, 0.25) is 0 Å². The smallest absolute Gasteiger partial charge is 0.165 e. The molecule has 2 heterocycles. The predicted molar refractivity (Wildman–Crippen MR) is 101 cm³/mol. The maximum absolute atomic E-state index is 5.73. The minimum Gasteiger partial charge on any atom is -0.493 e. The maximum atomic E-state index is 5.73. The van der Waals surface area contributed by atoms with Crippen molar-refractivity contribution in [2.24, 2.45) is 11.1 Å². The average Bonchev–Trinajstić information content (AvgIpc) is 3.22. The van der Waals surface area contributed by atoms with Crippen molar-refractivity contribution in [1.82, 2.24) is 4.90 Å². The van der Waals surface area contributed by atoms with E-state index in [0.29, 0.717) is 5.92 Å². The first-order valence-electron chi connectivity index (χ1n) is 8.92. The number of benzene rings is 2. The molecule has 0 N–H and O–H groups in total. The Labute approximate surface area is 154 Å². The second kappa shape index (κ2) is 7.00. The first kappa shape index (κ1) is 16.9. The summed E-state index contributed by atoms with van der Waals surface area (Å²) >= 11 is 0. The van der Waals surface area contributed by atoms with Gasteiger partial charge >= 0.3 is 0 Å². The molecule has 0 aliphatic carbocycles. The van der Waals surface area contributed by atoms with Gasteiger partial charge in [-0.1, -0.05) is 47.1 Å². The van der Waals surface area contributed by atoms with Crippen molar-refractivity contribution in [2.45, 2.75) is 19.6 Å². The molecule has 0 unspecified atom stereocenters. The molecule has 136 valence electrons. The first-order valence-corrected chi connectivity index (χ1v) is 8.92. The van der Waals surface area contributed by atoms with Crippen LogP contribution in [0.25, 0.3) is 0 Å². The summed E-state index contributed by atoms with van der Waals surface area (Å²) in [6, 6.07) is 14.5. The third-order valence-corrected chi connectivity index (χ3v) is 5.21. The minimum absolute atomic E-state index is 0.128. The molecule has 1 fully saturated rings. The van der Waals surface area contributed by atoms with Crippen LogP contribution in [0.4, 0.5) is 0 Å². The van der Waals surface area contributed by atoms with Gasteiger partial charge in [0.1, 0.15) is 6.10 Å². The molecular weight excluding hydrogens is 328 g/mol. The number of rotatable bonds is 5. The molecule has 0 spiro atoms. The highest BCUT2D eigenvalue weighted by molar-refractivity contribution is 6.03. The third kappa shape index (κ3) is 3.03. The summed E-state index contributed by atoms with van der Waals surface area (Å²) in [5.74, 6) is 1.89. The van der Waals surface area contributed by atoms with Gasteiger partial charge in [0.25, 0.3) is 0 Å². The molecule has 0 saturated carbocycles. The van der Waals surface area contributed by atoms with E-state index in [4.69, 9.17) is 14.3 Å². The van der Waals surface area contributed by atoms with Crippen molar-refractivity contribution < 1.29 is 14.3 Å². The lowest BCUT2D eigenvalue weighted by Crippen LogP contribution is -2.23. The van der Waals surface area contributed by atoms with Gasteiger partial charge in [-0.25, -0.2) is 0 Å². The summed E-state index contributed by atoms with van der Waals surface area (Å²) in [5, 5.41) is 4.37.